The number of hydrogen-bond acceptors (Lipinski definition) is 10. The highest BCUT2D eigenvalue weighted by molar-refractivity contribution is 5.86. The summed E-state index contributed by atoms with van der Waals surface area (Å²) in [5.41, 5.74) is 5.19. The average Bonchev–Trinajstić information content (AvgIpc) is 3.58. The van der Waals surface area contributed by atoms with E-state index in [1.165, 1.54) is 4.52 Å². The van der Waals surface area contributed by atoms with Crippen molar-refractivity contribution in [2.75, 3.05) is 43.4 Å². The number of nitrogen functional groups attached to an aromatic ring is 1. The lowest BCUT2D eigenvalue weighted by atomic mass is 9.78. The molecule has 0 radical (unpaired) electrons. The molecule has 6 rings (SSSR count). The molecular weight excluding hydrogens is 514 g/mol. The molecule has 3 saturated heterocycles. The van der Waals surface area contributed by atoms with Crippen LogP contribution in [0.4, 0.5) is 11.9 Å². The number of carbonyl (C=O) groups is 2. The number of anilines is 2. The highest BCUT2D eigenvalue weighted by atomic mass is 16.3. The van der Waals surface area contributed by atoms with E-state index in [0.29, 0.717) is 41.7 Å². The molecule has 0 aromatic carbocycles. The van der Waals surface area contributed by atoms with Crippen molar-refractivity contribution in [1.29, 1.82) is 0 Å². The average molecular weight is 552 g/mol. The highest BCUT2D eigenvalue weighted by Gasteiger charge is 2.41. The van der Waals surface area contributed by atoms with Crippen molar-refractivity contribution in [3.8, 4) is 11.6 Å². The normalized spacial score (nSPS) is 21.2. The zero-order valence-corrected chi connectivity index (χ0v) is 23.1. The van der Waals surface area contributed by atoms with Crippen LogP contribution in [-0.4, -0.2) is 95.7 Å². The Kier molecular flexibility index (Phi) is 6.85. The van der Waals surface area contributed by atoms with Crippen molar-refractivity contribution in [2.24, 2.45) is 11.8 Å². The number of nitrogens with zero attached hydrogens (tertiary/aromatic N) is 8. The quantitative estimate of drug-likeness (QED) is 0.460. The van der Waals surface area contributed by atoms with Gasteiger partial charge in [-0.25, -0.2) is 0 Å². The minimum atomic E-state index is -0.977. The topological polar surface area (TPSA) is 159 Å². The van der Waals surface area contributed by atoms with Gasteiger partial charge in [0.05, 0.1) is 18.3 Å². The molecule has 3 aromatic rings. The SMILES string of the molecule is CC(C)(O)CC(=O)N1CCC(C2CCN(C(=O)[C@@H]3CCN3c3nc(N)n4nc(-c5ccco5)nc4n3)CC2)CC1. The number of rotatable bonds is 6. The Morgan fingerprint density at radius 3 is 2.25 bits per heavy atom. The molecule has 13 heteroatoms. The third-order valence-corrected chi connectivity index (χ3v) is 8.52. The van der Waals surface area contributed by atoms with Crippen LogP contribution in [-0.2, 0) is 9.59 Å². The smallest absolute Gasteiger partial charge is 0.259 e. The molecule has 0 aliphatic carbocycles. The third-order valence-electron chi connectivity index (χ3n) is 8.52. The van der Waals surface area contributed by atoms with Gasteiger partial charge in [-0.05, 0) is 69.9 Å². The monoisotopic (exact) mass is 551 g/mol. The van der Waals surface area contributed by atoms with Gasteiger partial charge in [-0.3, -0.25) is 9.59 Å². The van der Waals surface area contributed by atoms with Crippen LogP contribution in [0, 0.1) is 11.8 Å². The van der Waals surface area contributed by atoms with Gasteiger partial charge in [0.15, 0.2) is 5.76 Å². The van der Waals surface area contributed by atoms with Crippen LogP contribution in [0.1, 0.15) is 52.4 Å². The summed E-state index contributed by atoms with van der Waals surface area (Å²) < 4.78 is 6.75. The first-order chi connectivity index (χ1) is 19.2. The van der Waals surface area contributed by atoms with Gasteiger partial charge >= 0.3 is 0 Å². The summed E-state index contributed by atoms with van der Waals surface area (Å²) in [4.78, 5) is 45.1. The van der Waals surface area contributed by atoms with Gasteiger partial charge in [0, 0.05) is 32.7 Å². The molecule has 0 spiro atoms. The molecule has 3 N–H and O–H groups in total. The van der Waals surface area contributed by atoms with Crippen LogP contribution >= 0.6 is 0 Å². The van der Waals surface area contributed by atoms with Crippen molar-refractivity contribution in [3.63, 3.8) is 0 Å². The summed E-state index contributed by atoms with van der Waals surface area (Å²) in [5, 5.41) is 14.3. The molecule has 0 unspecified atom stereocenters. The molecule has 1 atom stereocenters. The first-order valence-electron chi connectivity index (χ1n) is 14.2. The number of aliphatic hydroxyl groups is 1. The fraction of sp³-hybridized carbons (Fsp3) is 0.630. The molecule has 2 amide bonds. The van der Waals surface area contributed by atoms with E-state index < -0.39 is 5.60 Å². The molecule has 3 aliphatic rings. The molecule has 3 aliphatic heterocycles. The second-order valence-electron chi connectivity index (χ2n) is 11.9. The van der Waals surface area contributed by atoms with Gasteiger partial charge in [-0.1, -0.05) is 0 Å². The Labute approximate surface area is 232 Å². The van der Waals surface area contributed by atoms with Gasteiger partial charge in [0.2, 0.25) is 29.5 Å². The van der Waals surface area contributed by atoms with Crippen LogP contribution in [0.5, 0.6) is 0 Å². The van der Waals surface area contributed by atoms with Gasteiger partial charge in [0.1, 0.15) is 6.04 Å². The number of nitrogens with two attached hydrogens (primary N) is 1. The number of fused-ring (bicyclic) bond motifs is 1. The predicted molar refractivity (Wildman–Crippen MR) is 146 cm³/mol. The second-order valence-corrected chi connectivity index (χ2v) is 11.9. The first-order valence-corrected chi connectivity index (χ1v) is 14.2. The van der Waals surface area contributed by atoms with Crippen molar-refractivity contribution in [2.45, 2.75) is 64.0 Å². The largest absolute Gasteiger partial charge is 0.461 e. The molecule has 3 aromatic heterocycles. The van der Waals surface area contributed by atoms with Gasteiger partial charge in [0.25, 0.3) is 5.78 Å². The highest BCUT2D eigenvalue weighted by Crippen LogP contribution is 2.34. The van der Waals surface area contributed by atoms with Crippen LogP contribution < -0.4 is 10.6 Å². The number of amides is 2. The van der Waals surface area contributed by atoms with Gasteiger partial charge in [-0.2, -0.15) is 19.5 Å². The van der Waals surface area contributed by atoms with Gasteiger partial charge < -0.3 is 30.0 Å². The Hall–Kier alpha value is -3.74. The number of piperidine rings is 2. The zero-order valence-electron chi connectivity index (χ0n) is 23.1. The Morgan fingerprint density at radius 2 is 1.68 bits per heavy atom. The molecule has 40 heavy (non-hydrogen) atoms. The van der Waals surface area contributed by atoms with Crippen molar-refractivity contribution >= 4 is 29.5 Å². The van der Waals surface area contributed by atoms with Crippen molar-refractivity contribution in [3.05, 3.63) is 18.4 Å². The minimum absolute atomic E-state index is 0.0308. The minimum Gasteiger partial charge on any atom is -0.461 e. The van der Waals surface area contributed by atoms with Crippen molar-refractivity contribution in [1.82, 2.24) is 34.4 Å². The maximum Gasteiger partial charge on any atom is 0.259 e. The Bertz CT molecular complexity index is 1370. The third kappa shape index (κ3) is 5.21. The number of furan rings is 1. The Balaban J connectivity index is 1.03. The van der Waals surface area contributed by atoms with Crippen molar-refractivity contribution < 1.29 is 19.1 Å². The predicted octanol–water partition coefficient (Wildman–Crippen LogP) is 1.58. The second kappa shape index (κ2) is 10.3. The maximum atomic E-state index is 13.5. The van der Waals surface area contributed by atoms with E-state index in [0.717, 1.165) is 58.3 Å². The summed E-state index contributed by atoms with van der Waals surface area (Å²) in [6, 6.07) is 3.21. The van der Waals surface area contributed by atoms with Gasteiger partial charge in [-0.15, -0.1) is 5.10 Å². The van der Waals surface area contributed by atoms with E-state index >= 15 is 0 Å². The first kappa shape index (κ1) is 26.5. The standard InChI is InChI=1S/C27H37N9O4/c1-27(2,39)16-21(37)33-10-5-17(6-11-33)18-7-12-34(13-8-18)23(38)19-9-14-35(19)25-30-24(28)36-26(31-25)29-22(32-36)20-4-3-15-40-20/h3-4,15,17-19,39H,5-14,16H2,1-2H3,(H2,28,29,30,31,32)/t19-/m0/s1. The number of hydrogen-bond donors (Lipinski definition) is 2. The lowest BCUT2D eigenvalue weighted by Crippen LogP contribution is -2.59. The van der Waals surface area contributed by atoms with E-state index in [-0.39, 0.29) is 30.2 Å². The summed E-state index contributed by atoms with van der Waals surface area (Å²) in [7, 11) is 0. The van der Waals surface area contributed by atoms with E-state index in [4.69, 9.17) is 10.2 Å². The fourth-order valence-corrected chi connectivity index (χ4v) is 6.22. The van der Waals surface area contributed by atoms with Crippen LogP contribution in [0.3, 0.4) is 0 Å². The molecule has 13 nitrogen and oxygen atoms in total. The summed E-state index contributed by atoms with van der Waals surface area (Å²) in [5.74, 6) is 2.99. The number of aromatic nitrogens is 5. The molecular formula is C27H37N9O4. The van der Waals surface area contributed by atoms with E-state index in [9.17, 15) is 14.7 Å². The Morgan fingerprint density at radius 1 is 1.00 bits per heavy atom. The lowest BCUT2D eigenvalue weighted by Gasteiger charge is -2.45. The van der Waals surface area contributed by atoms with E-state index in [2.05, 4.69) is 20.1 Å². The molecule has 6 heterocycles. The molecule has 214 valence electrons. The van der Waals surface area contributed by atoms with Crippen LogP contribution in [0.25, 0.3) is 17.4 Å². The summed E-state index contributed by atoms with van der Waals surface area (Å²) in [6.07, 6.45) is 6.38. The molecule has 3 fully saturated rings. The van der Waals surface area contributed by atoms with Crippen LogP contribution in [0.15, 0.2) is 22.8 Å². The number of likely N-dealkylation sites (tertiary alicyclic amines) is 2. The zero-order chi connectivity index (χ0) is 28.0. The lowest BCUT2D eigenvalue weighted by molar-refractivity contribution is -0.138. The molecule has 0 bridgehead atoms. The maximum absolute atomic E-state index is 13.5. The fourth-order valence-electron chi connectivity index (χ4n) is 6.22. The van der Waals surface area contributed by atoms with E-state index in [1.54, 1.807) is 32.2 Å². The van der Waals surface area contributed by atoms with Crippen LogP contribution in [0.2, 0.25) is 0 Å². The van der Waals surface area contributed by atoms with E-state index in [1.807, 2.05) is 14.7 Å². The number of carbonyl (C=O) groups excluding carboxylic acids is 2. The molecule has 0 saturated carbocycles. The summed E-state index contributed by atoms with van der Waals surface area (Å²) in [6.45, 7) is 7.00. The summed E-state index contributed by atoms with van der Waals surface area (Å²) >= 11 is 0.